The molecule has 0 radical (unpaired) electrons. The predicted molar refractivity (Wildman–Crippen MR) is 132 cm³/mol. The number of anilines is 2. The molecule has 1 aromatic carbocycles. The third-order valence-electron chi connectivity index (χ3n) is 5.94. The quantitative estimate of drug-likeness (QED) is 0.487. The molecular weight excluding hydrogens is 422 g/mol. The Kier molecular flexibility index (Phi) is 7.24. The van der Waals surface area contributed by atoms with E-state index in [4.69, 9.17) is 5.11 Å². The number of thiophene rings is 1. The Balaban J connectivity index is 1.31. The van der Waals surface area contributed by atoms with Crippen LogP contribution in [0.4, 0.5) is 11.4 Å². The van der Waals surface area contributed by atoms with Gasteiger partial charge in [-0.2, -0.15) is 0 Å². The molecule has 3 N–H and O–H groups in total. The van der Waals surface area contributed by atoms with E-state index in [0.29, 0.717) is 11.4 Å². The van der Waals surface area contributed by atoms with Gasteiger partial charge in [-0.3, -0.25) is 9.69 Å². The second-order valence-corrected chi connectivity index (χ2v) is 9.09. The molecule has 1 aliphatic rings. The lowest BCUT2D eigenvalue weighted by atomic mass is 10.1. The van der Waals surface area contributed by atoms with Crippen LogP contribution in [0.5, 0.6) is 0 Å². The molecule has 8 heteroatoms. The summed E-state index contributed by atoms with van der Waals surface area (Å²) in [5.41, 5.74) is 4.23. The highest BCUT2D eigenvalue weighted by molar-refractivity contribution is 7.21. The number of carbonyl (C=O) groups excluding carboxylic acids is 1. The summed E-state index contributed by atoms with van der Waals surface area (Å²) in [5, 5.41) is 16.3. The van der Waals surface area contributed by atoms with Crippen molar-refractivity contribution in [3.8, 4) is 0 Å². The highest BCUT2D eigenvalue weighted by Gasteiger charge is 2.19. The van der Waals surface area contributed by atoms with Crippen molar-refractivity contribution in [1.82, 2.24) is 15.2 Å². The summed E-state index contributed by atoms with van der Waals surface area (Å²) in [5.74, 6) is -0.0626. The normalized spacial score (nSPS) is 14.7. The molecule has 7 nitrogen and oxygen atoms in total. The number of carbonyl (C=O) groups is 1. The molecule has 3 aromatic rings. The first-order valence-electron chi connectivity index (χ1n) is 11.1. The van der Waals surface area contributed by atoms with Gasteiger partial charge in [0.15, 0.2) is 0 Å². The lowest BCUT2D eigenvalue weighted by molar-refractivity contribution is 0.0959. The maximum atomic E-state index is 12.8. The Labute approximate surface area is 193 Å². The third kappa shape index (κ3) is 5.03. The van der Waals surface area contributed by atoms with Crippen molar-refractivity contribution in [3.63, 3.8) is 0 Å². The van der Waals surface area contributed by atoms with E-state index in [2.05, 4.69) is 49.7 Å². The number of aliphatic hydroxyl groups is 1. The standard InChI is InChI=1S/C24H31N5O2S/c1-17-3-8-20-21(25-2)22(32-24(20)27-17)23(31)26-10-9-18-4-6-19(7-5-18)29-13-11-28(12-14-29)15-16-30/h3-8,25,30H,9-16H2,1-2H3,(H,26,31). The topological polar surface area (TPSA) is 80.7 Å². The number of piperazine rings is 1. The third-order valence-corrected chi connectivity index (χ3v) is 7.04. The molecule has 2 aromatic heterocycles. The maximum absolute atomic E-state index is 12.8. The van der Waals surface area contributed by atoms with Crippen LogP contribution in [0.2, 0.25) is 0 Å². The molecule has 0 saturated carbocycles. The number of aryl methyl sites for hydroxylation is 1. The Morgan fingerprint density at radius 3 is 2.56 bits per heavy atom. The maximum Gasteiger partial charge on any atom is 0.263 e. The molecule has 1 aliphatic heterocycles. The molecule has 1 saturated heterocycles. The minimum atomic E-state index is -0.0626. The minimum Gasteiger partial charge on any atom is -0.395 e. The summed E-state index contributed by atoms with van der Waals surface area (Å²) < 4.78 is 0. The number of aromatic nitrogens is 1. The first kappa shape index (κ1) is 22.5. The SMILES string of the molecule is CNc1c(C(=O)NCCc2ccc(N3CCN(CCO)CC3)cc2)sc2nc(C)ccc12. The number of pyridine rings is 1. The van der Waals surface area contributed by atoms with Crippen LogP contribution in [-0.2, 0) is 6.42 Å². The van der Waals surface area contributed by atoms with E-state index >= 15 is 0 Å². The lowest BCUT2D eigenvalue weighted by Gasteiger charge is -2.35. The monoisotopic (exact) mass is 453 g/mol. The molecule has 0 atom stereocenters. The lowest BCUT2D eigenvalue weighted by Crippen LogP contribution is -2.47. The number of aliphatic hydroxyl groups excluding tert-OH is 1. The molecule has 170 valence electrons. The highest BCUT2D eigenvalue weighted by Crippen LogP contribution is 2.34. The zero-order valence-electron chi connectivity index (χ0n) is 18.7. The van der Waals surface area contributed by atoms with Crippen LogP contribution in [-0.4, -0.2) is 73.8 Å². The number of hydrogen-bond donors (Lipinski definition) is 3. The zero-order valence-corrected chi connectivity index (χ0v) is 19.5. The molecule has 0 bridgehead atoms. The molecule has 0 unspecified atom stereocenters. The number of β-amino-alcohol motifs (C(OH)–C–C–N with tert-alkyl or cyclic N) is 1. The van der Waals surface area contributed by atoms with Crippen molar-refractivity contribution in [2.75, 3.05) is 63.1 Å². The largest absolute Gasteiger partial charge is 0.395 e. The van der Waals surface area contributed by atoms with Crippen molar-refractivity contribution >= 4 is 38.8 Å². The van der Waals surface area contributed by atoms with Crippen LogP contribution in [0.15, 0.2) is 36.4 Å². The fourth-order valence-corrected chi connectivity index (χ4v) is 5.27. The Morgan fingerprint density at radius 1 is 1.12 bits per heavy atom. The summed E-state index contributed by atoms with van der Waals surface area (Å²) in [6, 6.07) is 12.6. The molecular formula is C24H31N5O2S. The average molecular weight is 454 g/mol. The number of fused-ring (bicyclic) bond motifs is 1. The van der Waals surface area contributed by atoms with E-state index in [9.17, 15) is 4.79 Å². The van der Waals surface area contributed by atoms with Gasteiger partial charge in [-0.05, 0) is 43.2 Å². The van der Waals surface area contributed by atoms with Crippen molar-refractivity contribution in [2.45, 2.75) is 13.3 Å². The minimum absolute atomic E-state index is 0.0626. The van der Waals surface area contributed by atoms with Crippen LogP contribution in [0.3, 0.4) is 0 Å². The van der Waals surface area contributed by atoms with Crippen LogP contribution in [0, 0.1) is 6.92 Å². The van der Waals surface area contributed by atoms with Gasteiger partial charge in [0.1, 0.15) is 9.71 Å². The highest BCUT2D eigenvalue weighted by atomic mass is 32.1. The molecule has 3 heterocycles. The number of rotatable bonds is 8. The molecule has 32 heavy (non-hydrogen) atoms. The van der Waals surface area contributed by atoms with Gasteiger partial charge < -0.3 is 20.6 Å². The number of nitrogens with zero attached hydrogens (tertiary/aromatic N) is 3. The van der Waals surface area contributed by atoms with Crippen LogP contribution in [0.1, 0.15) is 20.9 Å². The van der Waals surface area contributed by atoms with Crippen LogP contribution < -0.4 is 15.5 Å². The van der Waals surface area contributed by atoms with E-state index in [0.717, 1.165) is 60.7 Å². The smallest absolute Gasteiger partial charge is 0.263 e. The van der Waals surface area contributed by atoms with Crippen LogP contribution in [0.25, 0.3) is 10.2 Å². The second-order valence-electron chi connectivity index (χ2n) is 8.09. The van der Waals surface area contributed by atoms with Crippen molar-refractivity contribution in [2.24, 2.45) is 0 Å². The van der Waals surface area contributed by atoms with E-state index < -0.39 is 0 Å². The molecule has 0 spiro atoms. The summed E-state index contributed by atoms with van der Waals surface area (Å²) in [4.78, 5) is 23.6. The van der Waals surface area contributed by atoms with E-state index in [1.54, 1.807) is 0 Å². The predicted octanol–water partition coefficient (Wildman–Crippen LogP) is 2.73. The summed E-state index contributed by atoms with van der Waals surface area (Å²) >= 11 is 1.43. The van der Waals surface area contributed by atoms with Crippen LogP contribution >= 0.6 is 11.3 Å². The molecule has 0 aliphatic carbocycles. The fraction of sp³-hybridized carbons (Fsp3) is 0.417. The van der Waals surface area contributed by atoms with E-state index in [1.165, 1.54) is 22.6 Å². The van der Waals surface area contributed by atoms with E-state index in [-0.39, 0.29) is 12.5 Å². The van der Waals surface area contributed by atoms with Gasteiger partial charge in [0, 0.05) is 63.1 Å². The van der Waals surface area contributed by atoms with Crippen molar-refractivity contribution < 1.29 is 9.90 Å². The second kappa shape index (κ2) is 10.3. The Hall–Kier alpha value is -2.68. The number of amides is 1. The Morgan fingerprint density at radius 2 is 1.88 bits per heavy atom. The number of hydrogen-bond acceptors (Lipinski definition) is 7. The van der Waals surface area contributed by atoms with Gasteiger partial charge in [0.25, 0.3) is 5.91 Å². The molecule has 1 fully saturated rings. The van der Waals surface area contributed by atoms with Gasteiger partial charge in [-0.25, -0.2) is 4.98 Å². The van der Waals surface area contributed by atoms with E-state index in [1.807, 2.05) is 26.1 Å². The first-order valence-corrected chi connectivity index (χ1v) is 11.9. The summed E-state index contributed by atoms with van der Waals surface area (Å²) in [6.45, 7) is 7.44. The molecule has 1 amide bonds. The van der Waals surface area contributed by atoms with Crippen molar-refractivity contribution in [1.29, 1.82) is 0 Å². The van der Waals surface area contributed by atoms with Gasteiger partial charge >= 0.3 is 0 Å². The summed E-state index contributed by atoms with van der Waals surface area (Å²) in [6.07, 6.45) is 0.785. The fourth-order valence-electron chi connectivity index (χ4n) is 4.12. The van der Waals surface area contributed by atoms with Gasteiger partial charge in [-0.1, -0.05) is 12.1 Å². The summed E-state index contributed by atoms with van der Waals surface area (Å²) in [7, 11) is 1.84. The van der Waals surface area contributed by atoms with Gasteiger partial charge in [-0.15, -0.1) is 11.3 Å². The molecule has 4 rings (SSSR count). The van der Waals surface area contributed by atoms with Crippen molar-refractivity contribution in [3.05, 3.63) is 52.5 Å². The number of nitrogens with one attached hydrogen (secondary N) is 2. The first-order chi connectivity index (χ1) is 15.6. The average Bonchev–Trinajstić information content (AvgIpc) is 3.18. The zero-order chi connectivity index (χ0) is 22.5. The van der Waals surface area contributed by atoms with Gasteiger partial charge in [0.05, 0.1) is 12.3 Å². The van der Waals surface area contributed by atoms with Gasteiger partial charge in [0.2, 0.25) is 0 Å². The Bertz CT molecular complexity index is 1060. The number of benzene rings is 1.